The third-order valence-electron chi connectivity index (χ3n) is 4.70. The second kappa shape index (κ2) is 6.48. The Labute approximate surface area is 125 Å². The normalized spacial score (nSPS) is 29.5. The Morgan fingerprint density at radius 2 is 2.00 bits per heavy atom. The van der Waals surface area contributed by atoms with Crippen LogP contribution in [0.25, 0.3) is 0 Å². The van der Waals surface area contributed by atoms with Gasteiger partial charge in [0.1, 0.15) is 5.75 Å². The molecule has 0 spiro atoms. The van der Waals surface area contributed by atoms with Gasteiger partial charge in [0.05, 0.1) is 12.7 Å². The molecule has 1 heterocycles. The summed E-state index contributed by atoms with van der Waals surface area (Å²) < 4.78 is 10.8. The predicted octanol–water partition coefficient (Wildman–Crippen LogP) is 3.37. The van der Waals surface area contributed by atoms with Crippen LogP contribution < -0.4 is 10.1 Å². The minimum absolute atomic E-state index is 0.203. The molecule has 21 heavy (non-hydrogen) atoms. The Balaban J connectivity index is 1.57. The Bertz CT molecular complexity index is 472. The van der Waals surface area contributed by atoms with Crippen molar-refractivity contribution in [2.75, 3.05) is 6.61 Å². The number of carbonyl (C=O) groups is 1. The quantitative estimate of drug-likeness (QED) is 0.865. The van der Waals surface area contributed by atoms with Gasteiger partial charge in [-0.05, 0) is 36.8 Å². The highest BCUT2D eigenvalue weighted by molar-refractivity contribution is 5.70. The van der Waals surface area contributed by atoms with Gasteiger partial charge in [0.2, 0.25) is 0 Å². The Hall–Kier alpha value is -1.55. The van der Waals surface area contributed by atoms with E-state index in [4.69, 9.17) is 9.47 Å². The number of para-hydroxylation sites is 1. The first kappa shape index (κ1) is 14.4. The molecule has 1 aliphatic heterocycles. The van der Waals surface area contributed by atoms with Crippen molar-refractivity contribution in [2.45, 2.75) is 44.8 Å². The molecule has 2 aliphatic rings. The fraction of sp³-hybridized carbons (Fsp3) is 0.588. The van der Waals surface area contributed by atoms with E-state index < -0.39 is 0 Å². The van der Waals surface area contributed by atoms with Crippen LogP contribution in [0.2, 0.25) is 0 Å². The summed E-state index contributed by atoms with van der Waals surface area (Å²) in [5, 5.41) is 3.06. The number of ether oxygens (including phenoxy) is 2. The van der Waals surface area contributed by atoms with Crippen LogP contribution in [0, 0.1) is 11.8 Å². The van der Waals surface area contributed by atoms with E-state index in [1.807, 2.05) is 18.2 Å². The summed E-state index contributed by atoms with van der Waals surface area (Å²) >= 11 is 0. The summed E-state index contributed by atoms with van der Waals surface area (Å²) in [6.45, 7) is 3.11. The topological polar surface area (TPSA) is 50.9 Å². The number of amides is 1. The number of hydrogen-bond donors (Lipinski definition) is 1. The maximum atomic E-state index is 12.1. The zero-order chi connectivity index (χ0) is 14.7. The van der Waals surface area contributed by atoms with Gasteiger partial charge in [0.15, 0.2) is 0 Å². The van der Waals surface area contributed by atoms with Crippen LogP contribution in [-0.2, 0) is 4.74 Å². The van der Waals surface area contributed by atoms with Crippen LogP contribution in [0.4, 0.5) is 4.79 Å². The number of nitrogens with one attached hydrogen (secondary N) is 1. The summed E-state index contributed by atoms with van der Waals surface area (Å²) in [5.41, 5.74) is 0. The van der Waals surface area contributed by atoms with E-state index in [1.165, 1.54) is 12.8 Å². The molecule has 1 aromatic rings. The van der Waals surface area contributed by atoms with Crippen molar-refractivity contribution in [2.24, 2.45) is 11.8 Å². The predicted molar refractivity (Wildman–Crippen MR) is 80.3 cm³/mol. The van der Waals surface area contributed by atoms with Gasteiger partial charge < -0.3 is 14.8 Å². The van der Waals surface area contributed by atoms with Gasteiger partial charge in [-0.1, -0.05) is 38.0 Å². The van der Waals surface area contributed by atoms with E-state index in [0.29, 0.717) is 23.7 Å². The molecule has 3 rings (SSSR count). The van der Waals surface area contributed by atoms with Gasteiger partial charge >= 0.3 is 6.09 Å². The lowest BCUT2D eigenvalue weighted by atomic mass is 9.76. The van der Waals surface area contributed by atoms with Crippen LogP contribution >= 0.6 is 0 Å². The Kier molecular flexibility index (Phi) is 4.44. The van der Waals surface area contributed by atoms with Crippen molar-refractivity contribution in [3.05, 3.63) is 30.3 Å². The SMILES string of the molecule is C[C@@H](C1CCCCC1NC(=O)Oc1ccccc1)[C@@H]1CO1. The minimum Gasteiger partial charge on any atom is -0.410 e. The fourth-order valence-electron chi connectivity index (χ4n) is 3.38. The zero-order valence-corrected chi connectivity index (χ0v) is 12.5. The van der Waals surface area contributed by atoms with Gasteiger partial charge in [0, 0.05) is 6.04 Å². The lowest BCUT2D eigenvalue weighted by molar-refractivity contribution is 0.150. The Morgan fingerprint density at radius 1 is 1.29 bits per heavy atom. The molecule has 1 saturated carbocycles. The third-order valence-corrected chi connectivity index (χ3v) is 4.70. The molecule has 4 heteroatoms. The number of carbonyl (C=O) groups excluding carboxylic acids is 1. The van der Waals surface area contributed by atoms with E-state index in [0.717, 1.165) is 19.4 Å². The first-order valence-corrected chi connectivity index (χ1v) is 7.89. The molecule has 4 atom stereocenters. The van der Waals surface area contributed by atoms with Crippen molar-refractivity contribution >= 4 is 6.09 Å². The van der Waals surface area contributed by atoms with Crippen LogP contribution in [0.1, 0.15) is 32.6 Å². The molecule has 4 nitrogen and oxygen atoms in total. The van der Waals surface area contributed by atoms with Crippen LogP contribution in [0.15, 0.2) is 30.3 Å². The molecule has 0 aromatic heterocycles. The number of hydrogen-bond acceptors (Lipinski definition) is 3. The average Bonchev–Trinajstić information content (AvgIpc) is 3.33. The first-order chi connectivity index (χ1) is 10.2. The number of rotatable bonds is 4. The molecule has 1 aliphatic carbocycles. The maximum absolute atomic E-state index is 12.1. The molecule has 2 fully saturated rings. The molecule has 2 unspecified atom stereocenters. The molecule has 0 bridgehead atoms. The summed E-state index contributed by atoms with van der Waals surface area (Å²) in [6.07, 6.45) is 4.66. The van der Waals surface area contributed by atoms with Crippen LogP contribution in [-0.4, -0.2) is 24.8 Å². The van der Waals surface area contributed by atoms with Crippen LogP contribution in [0.3, 0.4) is 0 Å². The number of epoxide rings is 1. The molecule has 0 radical (unpaired) electrons. The maximum Gasteiger partial charge on any atom is 0.412 e. The number of benzene rings is 1. The zero-order valence-electron chi connectivity index (χ0n) is 12.5. The van der Waals surface area contributed by atoms with E-state index in [-0.39, 0.29) is 12.1 Å². The Morgan fingerprint density at radius 3 is 2.71 bits per heavy atom. The largest absolute Gasteiger partial charge is 0.412 e. The first-order valence-electron chi connectivity index (χ1n) is 7.89. The van der Waals surface area contributed by atoms with Gasteiger partial charge in [-0.15, -0.1) is 0 Å². The van der Waals surface area contributed by atoms with Crippen molar-refractivity contribution in [3.63, 3.8) is 0 Å². The van der Waals surface area contributed by atoms with Crippen molar-refractivity contribution in [1.29, 1.82) is 0 Å². The van der Waals surface area contributed by atoms with Crippen molar-refractivity contribution < 1.29 is 14.3 Å². The smallest absolute Gasteiger partial charge is 0.410 e. The lowest BCUT2D eigenvalue weighted by Gasteiger charge is -2.35. The monoisotopic (exact) mass is 289 g/mol. The lowest BCUT2D eigenvalue weighted by Crippen LogP contribution is -2.46. The average molecular weight is 289 g/mol. The van der Waals surface area contributed by atoms with Crippen molar-refractivity contribution in [3.8, 4) is 5.75 Å². The third kappa shape index (κ3) is 3.76. The molecule has 1 amide bonds. The molecule has 114 valence electrons. The highest BCUT2D eigenvalue weighted by Crippen LogP contribution is 2.36. The van der Waals surface area contributed by atoms with Gasteiger partial charge in [-0.3, -0.25) is 0 Å². The summed E-state index contributed by atoms with van der Waals surface area (Å²) in [5.74, 6) is 1.59. The summed E-state index contributed by atoms with van der Waals surface area (Å²) in [6, 6.07) is 9.40. The molecule has 1 N–H and O–H groups in total. The molecular formula is C17H23NO3. The van der Waals surface area contributed by atoms with Crippen LogP contribution in [0.5, 0.6) is 5.75 Å². The molecular weight excluding hydrogens is 266 g/mol. The fourth-order valence-corrected chi connectivity index (χ4v) is 3.38. The molecule has 1 aromatic carbocycles. The molecule has 1 saturated heterocycles. The van der Waals surface area contributed by atoms with Gasteiger partial charge in [-0.25, -0.2) is 4.79 Å². The summed E-state index contributed by atoms with van der Waals surface area (Å²) in [7, 11) is 0. The summed E-state index contributed by atoms with van der Waals surface area (Å²) in [4.78, 5) is 12.1. The van der Waals surface area contributed by atoms with Gasteiger partial charge in [-0.2, -0.15) is 0 Å². The van der Waals surface area contributed by atoms with E-state index in [1.54, 1.807) is 12.1 Å². The van der Waals surface area contributed by atoms with Crippen molar-refractivity contribution in [1.82, 2.24) is 5.32 Å². The van der Waals surface area contributed by atoms with Gasteiger partial charge in [0.25, 0.3) is 0 Å². The standard InChI is InChI=1S/C17H23NO3/c1-12(16-11-20-16)14-9-5-6-10-15(14)18-17(19)21-13-7-3-2-4-8-13/h2-4,7-8,12,14-16H,5-6,9-11H2,1H3,(H,18,19)/t12-,14?,15?,16-/m0/s1. The highest BCUT2D eigenvalue weighted by Gasteiger charge is 2.39. The highest BCUT2D eigenvalue weighted by atomic mass is 16.6. The second-order valence-electron chi connectivity index (χ2n) is 6.13. The minimum atomic E-state index is -0.345. The second-order valence-corrected chi connectivity index (χ2v) is 6.13. The van der Waals surface area contributed by atoms with E-state index in [2.05, 4.69) is 12.2 Å². The van der Waals surface area contributed by atoms with E-state index >= 15 is 0 Å². The van der Waals surface area contributed by atoms with E-state index in [9.17, 15) is 4.79 Å².